The van der Waals surface area contributed by atoms with Crippen molar-refractivity contribution in [1.29, 1.82) is 0 Å². The number of piperidine rings is 3. The smallest absolute Gasteiger partial charge is 0.321 e. The second-order valence-electron chi connectivity index (χ2n) is 19.1. The van der Waals surface area contributed by atoms with Crippen molar-refractivity contribution in [2.24, 2.45) is 0 Å². The number of aldehydes is 1. The zero-order valence-corrected chi connectivity index (χ0v) is 42.4. The van der Waals surface area contributed by atoms with Crippen LogP contribution in [0.1, 0.15) is 108 Å². The third kappa shape index (κ3) is 9.74. The minimum atomic E-state index is -1.25. The maximum atomic E-state index is 14.5. The van der Waals surface area contributed by atoms with Gasteiger partial charge in [-0.05, 0) is 129 Å². The molecule has 378 valence electrons. The monoisotopic (exact) mass is 1040 g/mol. The third-order valence-corrected chi connectivity index (χ3v) is 18.1. The molecule has 5 fully saturated rings. The van der Waals surface area contributed by atoms with Gasteiger partial charge in [0.05, 0.1) is 33.9 Å². The van der Waals surface area contributed by atoms with Crippen LogP contribution in [0.4, 0.5) is 21.9 Å². The lowest BCUT2D eigenvalue weighted by Gasteiger charge is -2.46. The van der Waals surface area contributed by atoms with Gasteiger partial charge in [0.1, 0.15) is 15.9 Å². The number of rotatable bonds is 12. The van der Waals surface area contributed by atoms with Gasteiger partial charge in [-0.2, -0.15) is 0 Å². The van der Waals surface area contributed by atoms with Gasteiger partial charge in [0.2, 0.25) is 11.8 Å². The molecule has 5 amide bonds. The van der Waals surface area contributed by atoms with Crippen molar-refractivity contribution in [2.45, 2.75) is 106 Å². The topological polar surface area (TPSA) is 215 Å². The fraction of sp³-hybridized carbons (Fsp3) is 0.396. The predicted molar refractivity (Wildman–Crippen MR) is 278 cm³/mol. The van der Waals surface area contributed by atoms with E-state index in [1.807, 2.05) is 66.4 Å². The molecule has 2 spiro atoms. The normalized spacial score (nSPS) is 21.0. The van der Waals surface area contributed by atoms with Crippen LogP contribution in [0.3, 0.4) is 0 Å². The van der Waals surface area contributed by atoms with Crippen LogP contribution in [0, 0.1) is 0 Å². The van der Waals surface area contributed by atoms with Gasteiger partial charge in [0.25, 0.3) is 12.4 Å². The number of hydrogen-bond acceptors (Lipinski definition) is 11. The van der Waals surface area contributed by atoms with Gasteiger partial charge < -0.3 is 30.5 Å². The molecule has 4 aromatic carbocycles. The van der Waals surface area contributed by atoms with E-state index in [2.05, 4.69) is 38.5 Å². The van der Waals surface area contributed by atoms with Gasteiger partial charge in [0.15, 0.2) is 12.0 Å². The van der Waals surface area contributed by atoms with Gasteiger partial charge >= 0.3 is 6.03 Å². The average molecular weight is 1040 g/mol. The number of thiophene rings is 1. The summed E-state index contributed by atoms with van der Waals surface area (Å²) in [6.45, 7) is 3.16. The first-order valence-electron chi connectivity index (χ1n) is 24.3. The Morgan fingerprint density at radius 2 is 1.61 bits per heavy atom. The number of urea groups is 1. The number of nitrogens with zero attached hydrogens (tertiary/aromatic N) is 3. The van der Waals surface area contributed by atoms with Crippen molar-refractivity contribution in [3.63, 3.8) is 0 Å². The van der Waals surface area contributed by atoms with E-state index >= 15 is 0 Å². The Bertz CT molecular complexity index is 2950. The Kier molecular flexibility index (Phi) is 14.9. The third-order valence-electron chi connectivity index (χ3n) is 14.7. The van der Waals surface area contributed by atoms with E-state index in [1.54, 1.807) is 11.0 Å². The summed E-state index contributed by atoms with van der Waals surface area (Å²) in [5.41, 5.74) is 5.65. The number of anilines is 3. The molecule has 19 heteroatoms. The van der Waals surface area contributed by atoms with E-state index in [-0.39, 0.29) is 60.2 Å². The largest absolute Gasteiger partial charge is 0.491 e. The lowest BCUT2D eigenvalue weighted by molar-refractivity contribution is -0.134. The molecule has 5 aromatic rings. The first-order chi connectivity index (χ1) is 34.9. The first kappa shape index (κ1) is 50.7. The number of carbonyl (C=O) groups excluding carboxylic acids is 5. The Morgan fingerprint density at radius 3 is 2.28 bits per heavy atom. The molecular weight excluding hydrogens is 980 g/mol. The second-order valence-corrected chi connectivity index (χ2v) is 21.8. The summed E-state index contributed by atoms with van der Waals surface area (Å²) in [6, 6.07) is 24.9. The minimum absolute atomic E-state index is 0.116. The summed E-state index contributed by atoms with van der Waals surface area (Å²) >= 11 is 8.06. The molecule has 0 bridgehead atoms. The highest BCUT2D eigenvalue weighted by molar-refractivity contribution is 7.81. The number of hydrogen-bond donors (Lipinski definition) is 5. The van der Waals surface area contributed by atoms with E-state index in [0.717, 1.165) is 103 Å². The van der Waals surface area contributed by atoms with Crippen LogP contribution in [0.2, 0.25) is 5.02 Å². The van der Waals surface area contributed by atoms with Crippen LogP contribution in [-0.2, 0) is 31.1 Å². The van der Waals surface area contributed by atoms with Crippen molar-refractivity contribution in [2.75, 3.05) is 42.3 Å². The Hall–Kier alpha value is -6.18. The number of likely N-dealkylation sites (tertiary alicyclic amines) is 1. The maximum Gasteiger partial charge on any atom is 0.321 e. The van der Waals surface area contributed by atoms with Crippen LogP contribution in [-0.4, -0.2) is 110 Å². The van der Waals surface area contributed by atoms with E-state index in [1.165, 1.54) is 11.3 Å². The van der Waals surface area contributed by atoms with Crippen molar-refractivity contribution in [3.05, 3.63) is 105 Å². The average Bonchev–Trinajstić information content (AvgIpc) is 4.28. The molecule has 72 heavy (non-hydrogen) atoms. The van der Waals surface area contributed by atoms with Crippen LogP contribution >= 0.6 is 22.9 Å². The number of amides is 5. The predicted octanol–water partition coefficient (Wildman–Crippen LogP) is 8.72. The quantitative estimate of drug-likeness (QED) is 0.0589. The van der Waals surface area contributed by atoms with Gasteiger partial charge in [-0.15, -0.1) is 11.3 Å². The summed E-state index contributed by atoms with van der Waals surface area (Å²) in [5, 5.41) is 25.5. The summed E-state index contributed by atoms with van der Waals surface area (Å²) in [7, 11) is -0.255. The molecule has 5 N–H and O–H groups in total. The second kappa shape index (κ2) is 21.1. The number of aliphatic hydroxyl groups excluding tert-OH is 1. The van der Waals surface area contributed by atoms with Crippen LogP contribution in [0.5, 0.6) is 5.75 Å². The fourth-order valence-electron chi connectivity index (χ4n) is 11.4. The summed E-state index contributed by atoms with van der Waals surface area (Å²) < 4.78 is 22.5. The lowest BCUT2D eigenvalue weighted by Crippen LogP contribution is -2.56. The van der Waals surface area contributed by atoms with E-state index in [4.69, 9.17) is 31.3 Å². The van der Waals surface area contributed by atoms with Gasteiger partial charge in [-0.3, -0.25) is 34.2 Å². The molecule has 3 saturated heterocycles. The molecule has 2 saturated carbocycles. The number of nitrogens with one attached hydrogen (secondary N) is 3. The zero-order chi connectivity index (χ0) is 50.9. The van der Waals surface area contributed by atoms with E-state index < -0.39 is 22.9 Å². The molecular formula is C53H57ClN6O10S2. The van der Waals surface area contributed by atoms with Crippen molar-refractivity contribution in [3.8, 4) is 16.2 Å². The van der Waals surface area contributed by atoms with Gasteiger partial charge in [-0.25, -0.2) is 13.3 Å². The molecule has 11 rings (SSSR count). The van der Waals surface area contributed by atoms with Gasteiger partial charge in [0, 0.05) is 66.1 Å². The molecule has 6 aliphatic rings. The number of benzene rings is 4. The number of ether oxygens (including phenoxy) is 1. The molecule has 1 aromatic heterocycles. The number of carbonyl (C=O) groups is 6. The number of halogens is 1. The number of aliphatic hydroxyl groups is 1. The highest BCUT2D eigenvalue weighted by Crippen LogP contribution is 2.62. The molecule has 4 aliphatic heterocycles. The molecule has 0 radical (unpaired) electrons. The van der Waals surface area contributed by atoms with Crippen LogP contribution < -0.4 is 25.6 Å². The van der Waals surface area contributed by atoms with Crippen molar-refractivity contribution in [1.82, 2.24) is 14.5 Å². The summed E-state index contributed by atoms with van der Waals surface area (Å²) in [4.78, 5) is 76.9. The Balaban J connectivity index is 0.00000124. The molecule has 5 heterocycles. The number of carboxylic acid groups (broad SMARTS) is 1. The van der Waals surface area contributed by atoms with Crippen molar-refractivity contribution >= 4 is 98.3 Å². The Labute approximate surface area is 428 Å². The van der Waals surface area contributed by atoms with E-state index in [9.17, 15) is 28.2 Å². The Morgan fingerprint density at radius 1 is 0.931 bits per heavy atom. The molecule has 2 aliphatic carbocycles. The molecule has 2 atom stereocenters. The SMILES string of the molecule is CCOc1c(C=O)sc(-c2cccc(NC3CC4(CC4)N(S(=O)Cc4cccc(NC(=O)N5CCC(c6ccc7c8c(cccc68)C(=O)N7C6CCC(=O)NC6=O)CC5)c4)C4(CC4)C3)c2)c1Cl.CO.O=CO. The maximum absolute atomic E-state index is 14.5. The van der Waals surface area contributed by atoms with Crippen LogP contribution in [0.25, 0.3) is 21.2 Å². The lowest BCUT2D eigenvalue weighted by atomic mass is 9.85. The summed E-state index contributed by atoms with van der Waals surface area (Å²) in [6.07, 6.45) is 8.60. The number of imide groups is 1. The summed E-state index contributed by atoms with van der Waals surface area (Å²) in [5.74, 6) is -0.0106. The molecule has 16 nitrogen and oxygen atoms in total. The first-order valence-corrected chi connectivity index (χ1v) is 26.7. The fourth-order valence-corrected chi connectivity index (χ4v) is 14.8. The minimum Gasteiger partial charge on any atom is -0.491 e. The van der Waals surface area contributed by atoms with Crippen LogP contribution in [0.15, 0.2) is 78.9 Å². The van der Waals surface area contributed by atoms with E-state index in [0.29, 0.717) is 58.0 Å². The zero-order valence-electron chi connectivity index (χ0n) is 40.0. The van der Waals surface area contributed by atoms with Gasteiger partial charge in [-0.1, -0.05) is 54.1 Å². The standard InChI is InChI=1S/C51H51ClN6O7S2.CH2O2.CH4O/c1-2-65-45-41(28-59)66-46(44(45)52)32-7-4-9-34(25-32)53-35-26-50(18-19-50)58(51(27-35)20-21-51)67(64)29-30-6-3-8-33(24-30)54-49(63)56-22-16-31(17-23-56)36-12-13-39-43-37(36)10-5-11-38(43)48(62)57(39)40-14-15-42(60)55-47(40)61;2-1-3;1-2/h3-13,24-25,28,31,35,40,53H,2,14-23,26-27,29H2,1H3,(H,54,63)(H,55,60,61);1H,(H,2,3);2H,1H3. The highest BCUT2D eigenvalue weighted by atomic mass is 35.5. The highest BCUT2D eigenvalue weighted by Gasteiger charge is 2.66. The molecule has 2 unspecified atom stereocenters. The van der Waals surface area contributed by atoms with Crippen molar-refractivity contribution < 1.29 is 47.9 Å².